The second kappa shape index (κ2) is 5.92. The highest BCUT2D eigenvalue weighted by Gasteiger charge is 2.15. The molecule has 7 heteroatoms. The van der Waals surface area contributed by atoms with Gasteiger partial charge < -0.3 is 16.2 Å². The number of nitrogens with two attached hydrogens (primary N) is 1. The third-order valence-corrected chi connectivity index (χ3v) is 4.03. The average molecular weight is 305 g/mol. The minimum Gasteiger partial charge on any atom is -0.477 e. The van der Waals surface area contributed by atoms with E-state index < -0.39 is 5.97 Å². The van der Waals surface area contributed by atoms with E-state index >= 15 is 0 Å². The van der Waals surface area contributed by atoms with Crippen LogP contribution in [0.2, 0.25) is 0 Å². The molecule has 0 saturated heterocycles. The number of anilines is 1. The highest BCUT2D eigenvalue weighted by atomic mass is 32.1. The molecule has 1 amide bonds. The molecule has 1 heterocycles. The number of nitrogens with one attached hydrogen (secondary N) is 1. The maximum absolute atomic E-state index is 12.1. The summed E-state index contributed by atoms with van der Waals surface area (Å²) in [6.07, 6.45) is 0. The topological polar surface area (TPSA) is 105 Å². The van der Waals surface area contributed by atoms with Gasteiger partial charge in [0.15, 0.2) is 0 Å². The number of aryl methyl sites for hydroxylation is 2. The van der Waals surface area contributed by atoms with Crippen molar-refractivity contribution in [3.8, 4) is 0 Å². The largest absolute Gasteiger partial charge is 0.477 e. The standard InChI is InChI=1S/C14H15N3O3S/c1-7-3-4-10(15)9(5-7)13(18)16-6-11-17-8(2)12(21-11)14(19)20/h3-5H,6,15H2,1-2H3,(H,16,18)(H,19,20). The smallest absolute Gasteiger partial charge is 0.347 e. The third-order valence-electron chi connectivity index (χ3n) is 2.89. The van der Waals surface area contributed by atoms with Crippen molar-refractivity contribution in [2.24, 2.45) is 0 Å². The van der Waals surface area contributed by atoms with Crippen LogP contribution >= 0.6 is 11.3 Å². The van der Waals surface area contributed by atoms with E-state index in [9.17, 15) is 9.59 Å². The summed E-state index contributed by atoms with van der Waals surface area (Å²) in [5.74, 6) is -1.31. The number of aromatic nitrogens is 1. The summed E-state index contributed by atoms with van der Waals surface area (Å²) >= 11 is 1.06. The van der Waals surface area contributed by atoms with Gasteiger partial charge in [0, 0.05) is 5.69 Å². The second-order valence-electron chi connectivity index (χ2n) is 4.60. The van der Waals surface area contributed by atoms with Crippen molar-refractivity contribution in [1.82, 2.24) is 10.3 Å². The predicted molar refractivity (Wildman–Crippen MR) is 80.6 cm³/mol. The lowest BCUT2D eigenvalue weighted by Gasteiger charge is -2.07. The normalized spacial score (nSPS) is 10.4. The molecule has 0 aliphatic rings. The van der Waals surface area contributed by atoms with Crippen LogP contribution in [0.4, 0.5) is 5.69 Å². The molecule has 0 saturated carbocycles. The van der Waals surface area contributed by atoms with E-state index in [0.29, 0.717) is 22.0 Å². The first-order valence-electron chi connectivity index (χ1n) is 6.22. The third kappa shape index (κ3) is 3.38. The molecular formula is C14H15N3O3S. The van der Waals surface area contributed by atoms with Gasteiger partial charge in [-0.3, -0.25) is 4.79 Å². The first-order valence-corrected chi connectivity index (χ1v) is 7.04. The summed E-state index contributed by atoms with van der Waals surface area (Å²) in [5.41, 5.74) is 7.97. The monoisotopic (exact) mass is 305 g/mol. The lowest BCUT2D eigenvalue weighted by atomic mass is 10.1. The molecule has 21 heavy (non-hydrogen) atoms. The quantitative estimate of drug-likeness (QED) is 0.749. The first kappa shape index (κ1) is 15.0. The summed E-state index contributed by atoms with van der Waals surface area (Å²) < 4.78 is 0. The number of nitrogen functional groups attached to an aromatic ring is 1. The van der Waals surface area contributed by atoms with Crippen LogP contribution in [-0.2, 0) is 6.54 Å². The van der Waals surface area contributed by atoms with E-state index in [-0.39, 0.29) is 17.3 Å². The van der Waals surface area contributed by atoms with Gasteiger partial charge in [-0.25, -0.2) is 9.78 Å². The van der Waals surface area contributed by atoms with E-state index in [2.05, 4.69) is 10.3 Å². The average Bonchev–Trinajstić information content (AvgIpc) is 2.80. The van der Waals surface area contributed by atoms with Crippen LogP contribution in [0, 0.1) is 13.8 Å². The van der Waals surface area contributed by atoms with E-state index in [4.69, 9.17) is 10.8 Å². The fourth-order valence-electron chi connectivity index (χ4n) is 1.84. The van der Waals surface area contributed by atoms with Gasteiger partial charge in [-0.2, -0.15) is 0 Å². The summed E-state index contributed by atoms with van der Waals surface area (Å²) in [5, 5.41) is 12.2. The lowest BCUT2D eigenvalue weighted by Crippen LogP contribution is -2.23. The van der Waals surface area contributed by atoms with Gasteiger partial charge in [0.05, 0.1) is 17.8 Å². The molecule has 0 bridgehead atoms. The summed E-state index contributed by atoms with van der Waals surface area (Å²) in [7, 11) is 0. The Balaban J connectivity index is 2.09. The van der Waals surface area contributed by atoms with Crippen molar-refractivity contribution in [3.63, 3.8) is 0 Å². The SMILES string of the molecule is Cc1ccc(N)c(C(=O)NCc2nc(C)c(C(=O)O)s2)c1. The van der Waals surface area contributed by atoms with Crippen molar-refractivity contribution < 1.29 is 14.7 Å². The van der Waals surface area contributed by atoms with E-state index in [0.717, 1.165) is 16.9 Å². The summed E-state index contributed by atoms with van der Waals surface area (Å²) in [4.78, 5) is 27.3. The van der Waals surface area contributed by atoms with Crippen molar-refractivity contribution in [3.05, 3.63) is 44.9 Å². The number of benzene rings is 1. The fraction of sp³-hybridized carbons (Fsp3) is 0.214. The molecule has 0 radical (unpaired) electrons. The van der Waals surface area contributed by atoms with Gasteiger partial charge in [-0.05, 0) is 26.0 Å². The van der Waals surface area contributed by atoms with Crippen LogP contribution in [-0.4, -0.2) is 22.0 Å². The lowest BCUT2D eigenvalue weighted by molar-refractivity contribution is 0.0701. The van der Waals surface area contributed by atoms with E-state index in [1.807, 2.05) is 13.0 Å². The molecule has 0 unspecified atom stereocenters. The molecule has 110 valence electrons. The van der Waals surface area contributed by atoms with Gasteiger partial charge >= 0.3 is 5.97 Å². The second-order valence-corrected chi connectivity index (χ2v) is 5.68. The van der Waals surface area contributed by atoms with E-state index in [1.165, 1.54) is 0 Å². The number of amides is 1. The Hall–Kier alpha value is -2.41. The number of nitrogens with zero attached hydrogens (tertiary/aromatic N) is 1. The number of carboxylic acids is 1. The van der Waals surface area contributed by atoms with Crippen LogP contribution in [0.1, 0.15) is 36.3 Å². The number of carboxylic acid groups (broad SMARTS) is 1. The Bertz CT molecular complexity index is 709. The minimum absolute atomic E-state index is 0.172. The highest BCUT2D eigenvalue weighted by Crippen LogP contribution is 2.18. The Morgan fingerprint density at radius 3 is 2.71 bits per heavy atom. The van der Waals surface area contributed by atoms with Crippen LogP contribution in [0.25, 0.3) is 0 Å². The van der Waals surface area contributed by atoms with Crippen LogP contribution in [0.5, 0.6) is 0 Å². The molecule has 0 spiro atoms. The van der Waals surface area contributed by atoms with Gasteiger partial charge in [-0.15, -0.1) is 11.3 Å². The fourth-order valence-corrected chi connectivity index (χ4v) is 2.69. The zero-order valence-electron chi connectivity index (χ0n) is 11.6. The zero-order valence-corrected chi connectivity index (χ0v) is 12.5. The molecule has 2 aromatic rings. The van der Waals surface area contributed by atoms with Crippen molar-refractivity contribution in [1.29, 1.82) is 0 Å². The number of carbonyl (C=O) groups is 2. The zero-order chi connectivity index (χ0) is 15.6. The Labute approximate surface area is 125 Å². The number of aromatic carboxylic acids is 1. The van der Waals surface area contributed by atoms with Crippen molar-refractivity contribution in [2.45, 2.75) is 20.4 Å². The van der Waals surface area contributed by atoms with Gasteiger partial charge in [0.25, 0.3) is 5.91 Å². The molecule has 0 fully saturated rings. The van der Waals surface area contributed by atoms with Crippen LogP contribution in [0.15, 0.2) is 18.2 Å². The van der Waals surface area contributed by atoms with Gasteiger partial charge in [0.1, 0.15) is 9.88 Å². The number of thiazole rings is 1. The molecule has 0 atom stereocenters. The van der Waals surface area contributed by atoms with Crippen molar-refractivity contribution >= 4 is 28.9 Å². The molecule has 1 aromatic heterocycles. The van der Waals surface area contributed by atoms with Gasteiger partial charge in [0.2, 0.25) is 0 Å². The highest BCUT2D eigenvalue weighted by molar-refractivity contribution is 7.13. The van der Waals surface area contributed by atoms with Crippen LogP contribution < -0.4 is 11.1 Å². The molecule has 0 aliphatic carbocycles. The predicted octanol–water partition coefficient (Wildman–Crippen LogP) is 1.97. The molecule has 1 aromatic carbocycles. The molecule has 2 rings (SSSR count). The number of hydrogen-bond acceptors (Lipinski definition) is 5. The Morgan fingerprint density at radius 2 is 2.10 bits per heavy atom. The molecular weight excluding hydrogens is 290 g/mol. The van der Waals surface area contributed by atoms with E-state index in [1.54, 1.807) is 19.1 Å². The number of hydrogen-bond donors (Lipinski definition) is 3. The summed E-state index contributed by atoms with van der Waals surface area (Å²) in [6, 6.07) is 5.22. The maximum atomic E-state index is 12.1. The Kier molecular flexibility index (Phi) is 4.23. The molecule has 4 N–H and O–H groups in total. The number of rotatable bonds is 4. The molecule has 6 nitrogen and oxygen atoms in total. The maximum Gasteiger partial charge on any atom is 0.347 e. The van der Waals surface area contributed by atoms with Gasteiger partial charge in [-0.1, -0.05) is 11.6 Å². The van der Waals surface area contributed by atoms with Crippen molar-refractivity contribution in [2.75, 3.05) is 5.73 Å². The number of carbonyl (C=O) groups excluding carboxylic acids is 1. The summed E-state index contributed by atoms with van der Waals surface area (Å²) in [6.45, 7) is 3.67. The Morgan fingerprint density at radius 1 is 1.38 bits per heavy atom. The first-order chi connectivity index (χ1) is 9.88. The minimum atomic E-state index is -1.01. The van der Waals surface area contributed by atoms with Crippen LogP contribution in [0.3, 0.4) is 0 Å². The molecule has 0 aliphatic heterocycles.